The minimum absolute atomic E-state index is 0.0396. The van der Waals surface area contributed by atoms with E-state index in [4.69, 9.17) is 0 Å². The lowest BCUT2D eigenvalue weighted by Gasteiger charge is -2.19. The Kier molecular flexibility index (Phi) is 3.83. The van der Waals surface area contributed by atoms with E-state index < -0.39 is 19.9 Å². The minimum atomic E-state index is -3.65. The first kappa shape index (κ1) is 15.9. The van der Waals surface area contributed by atoms with Crippen molar-refractivity contribution in [2.75, 3.05) is 32.4 Å². The predicted octanol–water partition coefficient (Wildman–Crippen LogP) is 0.238. The summed E-state index contributed by atoms with van der Waals surface area (Å²) in [5.74, 6) is 0.710. The molecular weight excluding hydrogens is 324 g/mol. The lowest BCUT2D eigenvalue weighted by molar-refractivity contribution is 0.447. The third-order valence-electron chi connectivity index (χ3n) is 4.56. The van der Waals surface area contributed by atoms with Gasteiger partial charge in [0.25, 0.3) is 0 Å². The number of sulfonamides is 1. The van der Waals surface area contributed by atoms with Crippen LogP contribution in [0.25, 0.3) is 0 Å². The van der Waals surface area contributed by atoms with Gasteiger partial charge in [-0.25, -0.2) is 16.8 Å². The molecule has 2 aliphatic heterocycles. The fourth-order valence-electron chi connectivity index (χ4n) is 3.24. The highest BCUT2D eigenvalue weighted by atomic mass is 32.2. The number of nitrogens with one attached hydrogen (secondary N) is 1. The maximum Gasteiger partial charge on any atom is 0.243 e. The van der Waals surface area contributed by atoms with Gasteiger partial charge in [0.2, 0.25) is 10.0 Å². The number of hydrogen-bond acceptors (Lipinski definition) is 5. The molecule has 0 radical (unpaired) electrons. The van der Waals surface area contributed by atoms with Crippen LogP contribution in [0.5, 0.6) is 0 Å². The quantitative estimate of drug-likeness (QED) is 0.849. The van der Waals surface area contributed by atoms with E-state index in [9.17, 15) is 16.8 Å². The van der Waals surface area contributed by atoms with Crippen LogP contribution in [0.3, 0.4) is 0 Å². The van der Waals surface area contributed by atoms with Crippen LogP contribution in [-0.4, -0.2) is 53.6 Å². The molecule has 1 N–H and O–H groups in total. The number of sulfone groups is 1. The molecule has 0 spiro atoms. The normalized spacial score (nSPS) is 26.3. The van der Waals surface area contributed by atoms with E-state index in [0.717, 1.165) is 19.3 Å². The SMILES string of the molecule is Cc1ccc(S(C)(=O)=O)cc1S(=O)(=O)N1C[C@H]2CNC[C@H]2C1. The second-order valence-electron chi connectivity index (χ2n) is 6.20. The molecule has 6 nitrogen and oxygen atoms in total. The Bertz CT molecular complexity index is 790. The zero-order valence-electron chi connectivity index (χ0n) is 12.6. The second kappa shape index (κ2) is 5.30. The molecule has 22 heavy (non-hydrogen) atoms. The summed E-state index contributed by atoms with van der Waals surface area (Å²) in [4.78, 5) is 0.140. The maximum absolute atomic E-state index is 12.9. The van der Waals surface area contributed by atoms with Gasteiger partial charge in [0.15, 0.2) is 9.84 Å². The van der Waals surface area contributed by atoms with Gasteiger partial charge in [-0.2, -0.15) is 4.31 Å². The van der Waals surface area contributed by atoms with Gasteiger partial charge >= 0.3 is 0 Å². The van der Waals surface area contributed by atoms with Gasteiger partial charge in [-0.05, 0) is 49.5 Å². The molecule has 2 atom stereocenters. The molecule has 0 amide bonds. The van der Waals surface area contributed by atoms with Crippen LogP contribution in [0.2, 0.25) is 0 Å². The molecule has 0 bridgehead atoms. The Balaban J connectivity index is 1.99. The molecule has 0 saturated carbocycles. The van der Waals surface area contributed by atoms with Crippen molar-refractivity contribution in [3.05, 3.63) is 23.8 Å². The van der Waals surface area contributed by atoms with Crippen molar-refractivity contribution in [3.8, 4) is 0 Å². The Morgan fingerprint density at radius 1 is 1.09 bits per heavy atom. The van der Waals surface area contributed by atoms with Crippen molar-refractivity contribution in [2.24, 2.45) is 11.8 Å². The van der Waals surface area contributed by atoms with Crippen molar-refractivity contribution >= 4 is 19.9 Å². The third-order valence-corrected chi connectivity index (χ3v) is 7.65. The third kappa shape index (κ3) is 2.68. The Morgan fingerprint density at radius 3 is 2.23 bits per heavy atom. The number of hydrogen-bond donors (Lipinski definition) is 1. The lowest BCUT2D eigenvalue weighted by Crippen LogP contribution is -2.32. The van der Waals surface area contributed by atoms with Gasteiger partial charge in [0, 0.05) is 19.3 Å². The van der Waals surface area contributed by atoms with Crippen LogP contribution >= 0.6 is 0 Å². The number of rotatable bonds is 3. The summed E-state index contributed by atoms with van der Waals surface area (Å²) in [6.45, 7) is 4.39. The molecule has 0 unspecified atom stereocenters. The van der Waals surface area contributed by atoms with Gasteiger partial charge in [-0.3, -0.25) is 0 Å². The number of fused-ring (bicyclic) bond motifs is 1. The van der Waals surface area contributed by atoms with Crippen LogP contribution in [0.1, 0.15) is 5.56 Å². The summed E-state index contributed by atoms with van der Waals surface area (Å²) in [5.41, 5.74) is 0.572. The molecule has 122 valence electrons. The van der Waals surface area contributed by atoms with E-state index in [1.165, 1.54) is 16.4 Å². The molecule has 0 aliphatic carbocycles. The fraction of sp³-hybridized carbons (Fsp3) is 0.571. The number of nitrogens with zero attached hydrogens (tertiary/aromatic N) is 1. The fourth-order valence-corrected chi connectivity index (χ4v) is 5.76. The molecule has 2 heterocycles. The van der Waals surface area contributed by atoms with Crippen LogP contribution in [0.15, 0.2) is 28.0 Å². The van der Waals surface area contributed by atoms with Crippen LogP contribution in [0.4, 0.5) is 0 Å². The molecular formula is C14H20N2O4S2. The number of benzene rings is 1. The molecule has 1 aromatic rings. The Morgan fingerprint density at radius 2 is 1.68 bits per heavy atom. The molecule has 2 saturated heterocycles. The first-order valence-corrected chi connectivity index (χ1v) is 10.5. The van der Waals surface area contributed by atoms with Crippen LogP contribution in [-0.2, 0) is 19.9 Å². The molecule has 8 heteroatoms. The highest BCUT2D eigenvalue weighted by molar-refractivity contribution is 7.91. The topological polar surface area (TPSA) is 83.5 Å². The summed E-state index contributed by atoms with van der Waals surface area (Å²) in [7, 11) is -7.09. The van der Waals surface area contributed by atoms with Gasteiger partial charge in [-0.1, -0.05) is 6.07 Å². The van der Waals surface area contributed by atoms with Gasteiger partial charge in [-0.15, -0.1) is 0 Å². The van der Waals surface area contributed by atoms with Crippen molar-refractivity contribution in [2.45, 2.75) is 16.7 Å². The summed E-state index contributed by atoms with van der Waals surface area (Å²) in [6.07, 6.45) is 1.08. The standard InChI is InChI=1S/C14H20N2O4S2/c1-10-3-4-13(21(2,17)18)5-14(10)22(19,20)16-8-11-6-15-7-12(11)9-16/h3-5,11-12,15H,6-9H2,1-2H3/t11-,12+. The first-order valence-electron chi connectivity index (χ1n) is 7.21. The van der Waals surface area contributed by atoms with E-state index in [1.807, 2.05) is 0 Å². The minimum Gasteiger partial charge on any atom is -0.316 e. The molecule has 0 aromatic heterocycles. The van der Waals surface area contributed by atoms with Crippen molar-refractivity contribution in [3.63, 3.8) is 0 Å². The zero-order valence-corrected chi connectivity index (χ0v) is 14.2. The molecule has 3 rings (SSSR count). The monoisotopic (exact) mass is 344 g/mol. The van der Waals surface area contributed by atoms with E-state index in [2.05, 4.69) is 5.32 Å². The predicted molar refractivity (Wildman–Crippen MR) is 82.9 cm³/mol. The average Bonchev–Trinajstić information content (AvgIpc) is 2.98. The Hall–Kier alpha value is -0.960. The highest BCUT2D eigenvalue weighted by Gasteiger charge is 2.41. The second-order valence-corrected chi connectivity index (χ2v) is 10.1. The summed E-state index contributed by atoms with van der Waals surface area (Å²) >= 11 is 0. The van der Waals surface area contributed by atoms with Crippen molar-refractivity contribution in [1.29, 1.82) is 0 Å². The van der Waals surface area contributed by atoms with Gasteiger partial charge in [0.05, 0.1) is 9.79 Å². The molecule has 2 fully saturated rings. The van der Waals surface area contributed by atoms with Crippen molar-refractivity contribution < 1.29 is 16.8 Å². The zero-order chi connectivity index (χ0) is 16.1. The lowest BCUT2D eigenvalue weighted by atomic mass is 10.0. The largest absolute Gasteiger partial charge is 0.316 e. The van der Waals surface area contributed by atoms with E-state index in [0.29, 0.717) is 30.5 Å². The summed E-state index contributed by atoms with van der Waals surface area (Å²) in [6, 6.07) is 4.29. The van der Waals surface area contributed by atoms with Crippen LogP contribution in [0, 0.1) is 18.8 Å². The van der Waals surface area contributed by atoms with E-state index >= 15 is 0 Å². The van der Waals surface area contributed by atoms with Gasteiger partial charge < -0.3 is 5.32 Å². The smallest absolute Gasteiger partial charge is 0.243 e. The van der Waals surface area contributed by atoms with E-state index in [1.54, 1.807) is 13.0 Å². The summed E-state index contributed by atoms with van der Waals surface area (Å²) in [5, 5.41) is 3.28. The molecule has 2 aliphatic rings. The van der Waals surface area contributed by atoms with Gasteiger partial charge in [0.1, 0.15) is 0 Å². The maximum atomic E-state index is 12.9. The Labute approximate surface area is 131 Å². The highest BCUT2D eigenvalue weighted by Crippen LogP contribution is 2.32. The summed E-state index contributed by atoms with van der Waals surface area (Å²) < 4.78 is 50.6. The average molecular weight is 344 g/mol. The number of aryl methyl sites for hydroxylation is 1. The molecule has 1 aromatic carbocycles. The van der Waals surface area contributed by atoms with Crippen molar-refractivity contribution in [1.82, 2.24) is 9.62 Å². The van der Waals surface area contributed by atoms with E-state index in [-0.39, 0.29) is 9.79 Å². The first-order chi connectivity index (χ1) is 10.2. The van der Waals surface area contributed by atoms with Crippen LogP contribution < -0.4 is 5.32 Å².